The van der Waals surface area contributed by atoms with Crippen molar-refractivity contribution in [1.82, 2.24) is 24.5 Å². The number of likely N-dealkylation sites (tertiary alicyclic amines) is 1. The molecule has 1 aliphatic heterocycles. The summed E-state index contributed by atoms with van der Waals surface area (Å²) in [4.78, 5) is 2.53. The van der Waals surface area contributed by atoms with Gasteiger partial charge in [-0.1, -0.05) is 0 Å². The quantitative estimate of drug-likeness (QED) is 0.872. The van der Waals surface area contributed by atoms with Crippen molar-refractivity contribution in [3.05, 3.63) is 34.9 Å². The molecule has 3 rings (SSSR count). The number of aromatic nitrogens is 4. The lowest BCUT2D eigenvalue weighted by Gasteiger charge is -2.16. The summed E-state index contributed by atoms with van der Waals surface area (Å²) in [5.41, 5.74) is 4.93. The van der Waals surface area contributed by atoms with Gasteiger partial charge in [0, 0.05) is 37.6 Å². The lowest BCUT2D eigenvalue weighted by molar-refractivity contribution is 0.267. The van der Waals surface area contributed by atoms with Gasteiger partial charge in [-0.3, -0.25) is 14.3 Å². The van der Waals surface area contributed by atoms with Crippen LogP contribution in [0.4, 0.5) is 0 Å². The number of aliphatic hydroxyl groups is 1. The summed E-state index contributed by atoms with van der Waals surface area (Å²) in [5, 5.41) is 17.9. The molecule has 1 aliphatic rings. The fourth-order valence-electron chi connectivity index (χ4n) is 3.63. The van der Waals surface area contributed by atoms with E-state index in [0.717, 1.165) is 31.7 Å². The zero-order chi connectivity index (χ0) is 16.4. The van der Waals surface area contributed by atoms with Crippen molar-refractivity contribution >= 4 is 0 Å². The molecule has 126 valence electrons. The van der Waals surface area contributed by atoms with Gasteiger partial charge < -0.3 is 5.11 Å². The van der Waals surface area contributed by atoms with Crippen LogP contribution in [-0.2, 0) is 26.6 Å². The van der Waals surface area contributed by atoms with Gasteiger partial charge in [-0.15, -0.1) is 0 Å². The average Bonchev–Trinajstić information content (AvgIpc) is 3.18. The van der Waals surface area contributed by atoms with Crippen molar-refractivity contribution in [3.63, 3.8) is 0 Å². The molecule has 0 bridgehead atoms. The topological polar surface area (TPSA) is 59.1 Å². The van der Waals surface area contributed by atoms with Gasteiger partial charge in [-0.2, -0.15) is 10.2 Å². The normalized spacial score (nSPS) is 18.9. The second-order valence-corrected chi connectivity index (χ2v) is 6.71. The Morgan fingerprint density at radius 1 is 1.35 bits per heavy atom. The molecule has 0 aromatic carbocycles. The van der Waals surface area contributed by atoms with E-state index in [9.17, 15) is 0 Å². The van der Waals surface area contributed by atoms with Crippen LogP contribution in [0.2, 0.25) is 0 Å². The van der Waals surface area contributed by atoms with Crippen LogP contribution >= 0.6 is 0 Å². The van der Waals surface area contributed by atoms with E-state index in [1.165, 1.54) is 23.2 Å². The molecule has 0 spiro atoms. The summed E-state index contributed by atoms with van der Waals surface area (Å²) in [6.45, 7) is 8.14. The van der Waals surface area contributed by atoms with E-state index in [-0.39, 0.29) is 6.61 Å². The molecule has 23 heavy (non-hydrogen) atoms. The third-order valence-electron chi connectivity index (χ3n) is 4.88. The van der Waals surface area contributed by atoms with Crippen LogP contribution in [0.25, 0.3) is 0 Å². The molecule has 3 heterocycles. The molecule has 0 amide bonds. The Morgan fingerprint density at radius 2 is 2.17 bits per heavy atom. The van der Waals surface area contributed by atoms with Gasteiger partial charge in [0.15, 0.2) is 0 Å². The summed E-state index contributed by atoms with van der Waals surface area (Å²) >= 11 is 0. The first-order chi connectivity index (χ1) is 11.1. The third-order valence-corrected chi connectivity index (χ3v) is 4.88. The first-order valence-corrected chi connectivity index (χ1v) is 8.40. The minimum Gasteiger partial charge on any atom is -0.394 e. The van der Waals surface area contributed by atoms with Gasteiger partial charge in [-0.05, 0) is 44.7 Å². The smallest absolute Gasteiger partial charge is 0.0644 e. The molecular formula is C17H27N5O. The minimum absolute atomic E-state index is 0.137. The SMILES string of the molecule is Cc1nn(CCO)c(C)c1CN1CCC(Cc2cnn(C)c2)C1. The van der Waals surface area contributed by atoms with Gasteiger partial charge in [0.2, 0.25) is 0 Å². The fraction of sp³-hybridized carbons (Fsp3) is 0.647. The van der Waals surface area contributed by atoms with Crippen molar-refractivity contribution in [2.24, 2.45) is 13.0 Å². The molecule has 2 aromatic heterocycles. The maximum Gasteiger partial charge on any atom is 0.0644 e. The number of rotatable bonds is 6. The summed E-state index contributed by atoms with van der Waals surface area (Å²) in [5.74, 6) is 0.715. The molecule has 1 fully saturated rings. The highest BCUT2D eigenvalue weighted by atomic mass is 16.3. The lowest BCUT2D eigenvalue weighted by Crippen LogP contribution is -2.21. The molecule has 0 aliphatic carbocycles. The summed E-state index contributed by atoms with van der Waals surface area (Å²) in [6, 6.07) is 0. The number of hydrogen-bond donors (Lipinski definition) is 1. The van der Waals surface area contributed by atoms with Crippen LogP contribution in [0.1, 0.15) is 28.9 Å². The average molecular weight is 317 g/mol. The number of hydrogen-bond acceptors (Lipinski definition) is 4. The molecule has 1 saturated heterocycles. The standard InChI is InChI=1S/C17H27N5O/c1-13-17(14(2)22(19-13)6-7-23)12-21-5-4-15(11-21)8-16-9-18-20(3)10-16/h9-10,15,23H,4-8,11-12H2,1-3H3. The highest BCUT2D eigenvalue weighted by Crippen LogP contribution is 2.24. The molecule has 1 atom stereocenters. The van der Waals surface area contributed by atoms with Crippen LogP contribution in [0.15, 0.2) is 12.4 Å². The monoisotopic (exact) mass is 317 g/mol. The van der Waals surface area contributed by atoms with Gasteiger partial charge in [0.1, 0.15) is 0 Å². The second kappa shape index (κ2) is 6.84. The van der Waals surface area contributed by atoms with Crippen molar-refractivity contribution in [2.45, 2.75) is 39.8 Å². The van der Waals surface area contributed by atoms with Gasteiger partial charge >= 0.3 is 0 Å². The van der Waals surface area contributed by atoms with Crippen LogP contribution in [0.3, 0.4) is 0 Å². The number of aryl methyl sites for hydroxylation is 2. The third kappa shape index (κ3) is 3.64. The zero-order valence-corrected chi connectivity index (χ0v) is 14.4. The first kappa shape index (κ1) is 16.2. The maximum absolute atomic E-state index is 9.13. The largest absolute Gasteiger partial charge is 0.394 e. The predicted octanol–water partition coefficient (Wildman–Crippen LogP) is 1.29. The Kier molecular flexibility index (Phi) is 4.82. The molecule has 0 saturated carbocycles. The fourth-order valence-corrected chi connectivity index (χ4v) is 3.63. The van der Waals surface area contributed by atoms with Crippen LogP contribution < -0.4 is 0 Å². The molecule has 1 unspecified atom stereocenters. The van der Waals surface area contributed by atoms with Crippen molar-refractivity contribution in [2.75, 3.05) is 19.7 Å². The number of nitrogens with zero attached hydrogens (tertiary/aromatic N) is 5. The Balaban J connectivity index is 1.59. The van der Waals surface area contributed by atoms with E-state index < -0.39 is 0 Å². The molecule has 0 radical (unpaired) electrons. The zero-order valence-electron chi connectivity index (χ0n) is 14.4. The van der Waals surface area contributed by atoms with E-state index in [4.69, 9.17) is 5.11 Å². The molecule has 1 N–H and O–H groups in total. The van der Waals surface area contributed by atoms with E-state index in [2.05, 4.69) is 35.1 Å². The van der Waals surface area contributed by atoms with E-state index >= 15 is 0 Å². The minimum atomic E-state index is 0.137. The van der Waals surface area contributed by atoms with Crippen molar-refractivity contribution < 1.29 is 5.11 Å². The summed E-state index contributed by atoms with van der Waals surface area (Å²) < 4.78 is 3.80. The maximum atomic E-state index is 9.13. The van der Waals surface area contributed by atoms with E-state index in [0.29, 0.717) is 12.5 Å². The van der Waals surface area contributed by atoms with E-state index in [1.807, 2.05) is 22.6 Å². The van der Waals surface area contributed by atoms with Crippen LogP contribution in [-0.4, -0.2) is 49.3 Å². The highest BCUT2D eigenvalue weighted by Gasteiger charge is 2.25. The van der Waals surface area contributed by atoms with Gasteiger partial charge in [0.05, 0.1) is 25.0 Å². The Hall–Kier alpha value is -1.66. The van der Waals surface area contributed by atoms with Crippen LogP contribution in [0, 0.1) is 19.8 Å². The van der Waals surface area contributed by atoms with E-state index in [1.54, 1.807) is 0 Å². The summed E-state index contributed by atoms with van der Waals surface area (Å²) in [7, 11) is 1.97. The lowest BCUT2D eigenvalue weighted by atomic mass is 10.0. The summed E-state index contributed by atoms with van der Waals surface area (Å²) in [6.07, 6.45) is 6.47. The molecular weight excluding hydrogens is 290 g/mol. The highest BCUT2D eigenvalue weighted by molar-refractivity contribution is 5.24. The predicted molar refractivity (Wildman–Crippen MR) is 89.1 cm³/mol. The molecule has 2 aromatic rings. The molecule has 6 nitrogen and oxygen atoms in total. The Labute approximate surface area is 137 Å². The van der Waals surface area contributed by atoms with Gasteiger partial charge in [-0.25, -0.2) is 0 Å². The first-order valence-electron chi connectivity index (χ1n) is 8.40. The van der Waals surface area contributed by atoms with Crippen LogP contribution in [0.5, 0.6) is 0 Å². The number of aliphatic hydroxyl groups excluding tert-OH is 1. The molecule has 6 heteroatoms. The van der Waals surface area contributed by atoms with Gasteiger partial charge in [0.25, 0.3) is 0 Å². The Bertz CT molecular complexity index is 660. The van der Waals surface area contributed by atoms with Crippen molar-refractivity contribution in [3.8, 4) is 0 Å². The Morgan fingerprint density at radius 3 is 2.87 bits per heavy atom. The second-order valence-electron chi connectivity index (χ2n) is 6.71. The van der Waals surface area contributed by atoms with Crippen molar-refractivity contribution in [1.29, 1.82) is 0 Å².